The van der Waals surface area contributed by atoms with Gasteiger partial charge >= 0.3 is 0 Å². The minimum Gasteiger partial charge on any atom is -0.0990 e. The van der Waals surface area contributed by atoms with E-state index < -0.39 is 0 Å². The summed E-state index contributed by atoms with van der Waals surface area (Å²) in [6, 6.07) is 29.0. The van der Waals surface area contributed by atoms with E-state index in [-0.39, 0.29) is 5.41 Å². The molecule has 0 unspecified atom stereocenters. The summed E-state index contributed by atoms with van der Waals surface area (Å²) in [7, 11) is 0. The van der Waals surface area contributed by atoms with Gasteiger partial charge in [-0.05, 0) is 90.2 Å². The van der Waals surface area contributed by atoms with Crippen molar-refractivity contribution in [2.24, 2.45) is 0 Å². The molecule has 0 atom stereocenters. The van der Waals surface area contributed by atoms with Gasteiger partial charge in [0.2, 0.25) is 0 Å². The smallest absolute Gasteiger partial charge is 0.0165 e. The van der Waals surface area contributed by atoms with Gasteiger partial charge in [0.25, 0.3) is 0 Å². The molecule has 0 radical (unpaired) electrons. The lowest BCUT2D eigenvalue weighted by Crippen LogP contribution is -2.15. The first-order valence-electron chi connectivity index (χ1n) is 13.9. The summed E-state index contributed by atoms with van der Waals surface area (Å²) in [5, 5.41) is 5.02. The Morgan fingerprint density at radius 3 is 2.10 bits per heavy atom. The Hall–Kier alpha value is -4.68. The lowest BCUT2D eigenvalue weighted by molar-refractivity contribution is 0.666. The highest BCUT2D eigenvalue weighted by atomic mass is 14.4. The largest absolute Gasteiger partial charge is 0.0990 e. The molecule has 40 heavy (non-hydrogen) atoms. The molecule has 0 amide bonds. The minimum atomic E-state index is -0.126. The highest BCUT2D eigenvalue weighted by Gasteiger charge is 2.37. The summed E-state index contributed by atoms with van der Waals surface area (Å²) in [5.74, 6) is 0. The van der Waals surface area contributed by atoms with Crippen molar-refractivity contribution >= 4 is 39.3 Å². The summed E-state index contributed by atoms with van der Waals surface area (Å²) in [6.45, 7) is 19.3. The number of hydrogen-bond acceptors (Lipinski definition) is 0. The van der Waals surface area contributed by atoms with Gasteiger partial charge in [0.15, 0.2) is 0 Å². The zero-order chi connectivity index (χ0) is 28.0. The Morgan fingerprint density at radius 2 is 1.40 bits per heavy atom. The molecule has 0 aliphatic heterocycles. The monoisotopic (exact) mass is 514 g/mol. The molecular weight excluding hydrogens is 480 g/mol. The van der Waals surface area contributed by atoms with E-state index >= 15 is 0 Å². The van der Waals surface area contributed by atoms with Gasteiger partial charge in [0.05, 0.1) is 0 Å². The zero-order valence-corrected chi connectivity index (χ0v) is 23.6. The van der Waals surface area contributed by atoms with Crippen molar-refractivity contribution in [3.05, 3.63) is 151 Å². The van der Waals surface area contributed by atoms with Gasteiger partial charge in [-0.1, -0.05) is 143 Å². The maximum Gasteiger partial charge on any atom is 0.0165 e. The van der Waals surface area contributed by atoms with E-state index in [2.05, 4.69) is 131 Å². The fraction of sp³-hybridized carbons (Fsp3) is 0.100. The van der Waals surface area contributed by atoms with Crippen molar-refractivity contribution in [1.29, 1.82) is 0 Å². The first-order valence-corrected chi connectivity index (χ1v) is 13.9. The second kappa shape index (κ2) is 9.81. The van der Waals surface area contributed by atoms with E-state index in [1.54, 1.807) is 0 Å². The molecule has 0 spiro atoms. The highest BCUT2D eigenvalue weighted by Crippen LogP contribution is 2.53. The molecule has 0 saturated heterocycles. The van der Waals surface area contributed by atoms with Crippen molar-refractivity contribution in [2.45, 2.75) is 26.2 Å². The molecule has 0 nitrogen and oxygen atoms in total. The third-order valence-corrected chi connectivity index (χ3v) is 8.46. The molecular formula is C40H34. The number of rotatable bonds is 6. The SMILES string of the molecule is C=C/C=C(\C=C/C)c1c(C=C)c(C=C)c(-c2ccc3c(c2)C(C)(C)c2c-3ccc3ccccc23)c2ccccc12. The van der Waals surface area contributed by atoms with Crippen LogP contribution in [0, 0.1) is 0 Å². The van der Waals surface area contributed by atoms with Crippen molar-refractivity contribution in [3.8, 4) is 22.3 Å². The fourth-order valence-corrected chi connectivity index (χ4v) is 6.81. The summed E-state index contributed by atoms with van der Waals surface area (Å²) in [4.78, 5) is 0. The van der Waals surface area contributed by atoms with Crippen LogP contribution in [0.25, 0.3) is 61.5 Å². The molecule has 0 N–H and O–H groups in total. The molecule has 0 bridgehead atoms. The van der Waals surface area contributed by atoms with Gasteiger partial charge in [-0.2, -0.15) is 0 Å². The van der Waals surface area contributed by atoms with Crippen LogP contribution in [0.3, 0.4) is 0 Å². The van der Waals surface area contributed by atoms with Gasteiger partial charge in [-0.25, -0.2) is 0 Å². The van der Waals surface area contributed by atoms with Gasteiger partial charge in [0, 0.05) is 5.41 Å². The summed E-state index contributed by atoms with van der Waals surface area (Å²) in [6.07, 6.45) is 12.1. The maximum atomic E-state index is 4.29. The molecule has 0 aromatic heterocycles. The average Bonchev–Trinajstić information content (AvgIpc) is 3.21. The fourth-order valence-electron chi connectivity index (χ4n) is 6.81. The second-order valence-corrected chi connectivity index (χ2v) is 11.0. The van der Waals surface area contributed by atoms with Crippen molar-refractivity contribution in [1.82, 2.24) is 0 Å². The molecule has 0 fully saturated rings. The number of allylic oxidation sites excluding steroid dienone is 5. The predicted octanol–water partition coefficient (Wildman–Crippen LogP) is 11.4. The summed E-state index contributed by atoms with van der Waals surface area (Å²) >= 11 is 0. The molecule has 0 heteroatoms. The molecule has 5 aromatic rings. The Labute approximate surface area is 238 Å². The number of hydrogen-bond donors (Lipinski definition) is 0. The topological polar surface area (TPSA) is 0 Å². The zero-order valence-electron chi connectivity index (χ0n) is 23.6. The maximum absolute atomic E-state index is 4.29. The predicted molar refractivity (Wildman–Crippen MR) is 178 cm³/mol. The van der Waals surface area contributed by atoms with Crippen molar-refractivity contribution in [3.63, 3.8) is 0 Å². The highest BCUT2D eigenvalue weighted by molar-refractivity contribution is 6.10. The summed E-state index contributed by atoms with van der Waals surface area (Å²) < 4.78 is 0. The Morgan fingerprint density at radius 1 is 0.725 bits per heavy atom. The quantitative estimate of drug-likeness (QED) is 0.198. The molecule has 194 valence electrons. The van der Waals surface area contributed by atoms with Gasteiger partial charge in [-0.3, -0.25) is 0 Å². The Balaban J connectivity index is 1.67. The van der Waals surface area contributed by atoms with Crippen LogP contribution in [0.2, 0.25) is 0 Å². The third kappa shape index (κ3) is 3.67. The van der Waals surface area contributed by atoms with Crippen LogP contribution in [0.1, 0.15) is 48.6 Å². The molecule has 1 aliphatic rings. The average molecular weight is 515 g/mol. The normalized spacial score (nSPS) is 13.9. The molecule has 0 heterocycles. The van der Waals surface area contributed by atoms with Crippen LogP contribution < -0.4 is 0 Å². The van der Waals surface area contributed by atoms with E-state index in [4.69, 9.17) is 0 Å². The van der Waals surface area contributed by atoms with E-state index in [0.717, 1.165) is 22.3 Å². The van der Waals surface area contributed by atoms with Crippen LogP contribution in [0.5, 0.6) is 0 Å². The molecule has 1 aliphatic carbocycles. The first-order chi connectivity index (χ1) is 19.5. The number of fused-ring (bicyclic) bond motifs is 6. The molecule has 0 saturated carbocycles. The standard InChI is InChI=1S/C40H34/c1-7-15-27(16-8-2)37-29(9-3)30(10-4)38(34-20-14-13-19-33(34)37)28-22-23-32-35-24-21-26-17-11-12-18-31(26)39(35)40(5,6)36(32)25-28/h7-25H,1,3-4H2,2,5-6H3/b16-8-,27-15+. The van der Waals surface area contributed by atoms with Crippen LogP contribution in [0.4, 0.5) is 0 Å². The van der Waals surface area contributed by atoms with Crippen LogP contribution in [-0.4, -0.2) is 0 Å². The third-order valence-electron chi connectivity index (χ3n) is 8.46. The summed E-state index contributed by atoms with van der Waals surface area (Å²) in [5.41, 5.74) is 12.2. The lowest BCUT2D eigenvalue weighted by atomic mass is 9.78. The van der Waals surface area contributed by atoms with Crippen LogP contribution in [-0.2, 0) is 5.41 Å². The second-order valence-electron chi connectivity index (χ2n) is 11.0. The van der Waals surface area contributed by atoms with E-state index in [1.807, 2.05) is 25.2 Å². The van der Waals surface area contributed by atoms with Crippen LogP contribution in [0.15, 0.2) is 123 Å². The Bertz CT molecular complexity index is 1920. The van der Waals surface area contributed by atoms with E-state index in [1.165, 1.54) is 54.9 Å². The van der Waals surface area contributed by atoms with E-state index in [9.17, 15) is 0 Å². The van der Waals surface area contributed by atoms with Gasteiger partial charge in [0.1, 0.15) is 0 Å². The Kier molecular flexibility index (Phi) is 6.28. The van der Waals surface area contributed by atoms with Crippen molar-refractivity contribution in [2.75, 3.05) is 0 Å². The molecule has 6 rings (SSSR count). The first kappa shape index (κ1) is 25.6. The number of benzene rings is 5. The molecule has 5 aromatic carbocycles. The van der Waals surface area contributed by atoms with Gasteiger partial charge < -0.3 is 0 Å². The van der Waals surface area contributed by atoms with Gasteiger partial charge in [-0.15, -0.1) is 0 Å². The van der Waals surface area contributed by atoms with E-state index in [0.29, 0.717) is 0 Å². The minimum absolute atomic E-state index is 0.126. The lowest BCUT2D eigenvalue weighted by Gasteiger charge is -2.25. The van der Waals surface area contributed by atoms with Crippen molar-refractivity contribution < 1.29 is 0 Å². The van der Waals surface area contributed by atoms with Crippen LogP contribution >= 0.6 is 0 Å².